The number of nitrogens with one attached hydrogen (secondary N) is 2. The minimum Gasteiger partial charge on any atom is -0.507 e. The van der Waals surface area contributed by atoms with Crippen molar-refractivity contribution in [1.29, 1.82) is 0 Å². The Hall–Kier alpha value is -2.34. The lowest BCUT2D eigenvalue weighted by atomic mass is 10.2. The summed E-state index contributed by atoms with van der Waals surface area (Å²) in [4.78, 5) is 12.2. The van der Waals surface area contributed by atoms with Gasteiger partial charge in [-0.1, -0.05) is 35.0 Å². The number of nitrogens with zero attached hydrogens (tertiary/aromatic N) is 1. The van der Waals surface area contributed by atoms with E-state index < -0.39 is 6.04 Å². The predicted molar refractivity (Wildman–Crippen MR) is 95.7 cm³/mol. The molecule has 0 fully saturated rings. The summed E-state index contributed by atoms with van der Waals surface area (Å²) in [7, 11) is 0. The molecule has 0 aromatic heterocycles. The Bertz CT molecular complexity index is 686. The Kier molecular flexibility index (Phi) is 6.17. The second-order valence-electron chi connectivity index (χ2n) is 4.91. The van der Waals surface area contributed by atoms with Crippen molar-refractivity contribution >= 4 is 33.7 Å². The summed E-state index contributed by atoms with van der Waals surface area (Å²) < 4.78 is 0.979. The Morgan fingerprint density at radius 1 is 1.26 bits per heavy atom. The van der Waals surface area contributed by atoms with Crippen LogP contribution in [0.3, 0.4) is 0 Å². The highest BCUT2D eigenvalue weighted by molar-refractivity contribution is 9.10. The molecular weight excluding hydrogens is 358 g/mol. The molecule has 6 heteroatoms. The lowest BCUT2D eigenvalue weighted by Gasteiger charge is -2.16. The third-order valence-electron chi connectivity index (χ3n) is 3.22. The van der Waals surface area contributed by atoms with Crippen LogP contribution in [-0.2, 0) is 4.79 Å². The van der Waals surface area contributed by atoms with E-state index >= 15 is 0 Å². The van der Waals surface area contributed by atoms with E-state index in [0.29, 0.717) is 12.0 Å². The smallest absolute Gasteiger partial charge is 0.262 e. The average Bonchev–Trinajstić information content (AvgIpc) is 2.56. The number of benzene rings is 2. The number of rotatable bonds is 6. The molecule has 0 bridgehead atoms. The second kappa shape index (κ2) is 8.33. The van der Waals surface area contributed by atoms with Crippen LogP contribution in [0.25, 0.3) is 0 Å². The first kappa shape index (κ1) is 17.0. The number of para-hydroxylation sites is 1. The van der Waals surface area contributed by atoms with Gasteiger partial charge in [-0.2, -0.15) is 5.10 Å². The van der Waals surface area contributed by atoms with Gasteiger partial charge in [0, 0.05) is 15.7 Å². The van der Waals surface area contributed by atoms with Gasteiger partial charge >= 0.3 is 0 Å². The average molecular weight is 376 g/mol. The molecule has 5 nitrogen and oxygen atoms in total. The number of halogens is 1. The molecule has 0 aliphatic carbocycles. The molecule has 2 aromatic carbocycles. The molecule has 23 heavy (non-hydrogen) atoms. The van der Waals surface area contributed by atoms with E-state index in [1.54, 1.807) is 24.3 Å². The molecule has 1 unspecified atom stereocenters. The zero-order valence-corrected chi connectivity index (χ0v) is 14.2. The topological polar surface area (TPSA) is 73.7 Å². The maximum Gasteiger partial charge on any atom is 0.262 e. The van der Waals surface area contributed by atoms with Gasteiger partial charge in [0.2, 0.25) is 0 Å². The standard InChI is InChI=1S/C17H18BrN3O2/c1-2-15(20-14-9-7-13(18)8-10-14)17(23)21-19-11-12-5-3-4-6-16(12)22/h3-11,15,20,22H,2H2,1H3,(H,21,23). The van der Waals surface area contributed by atoms with Crippen LogP contribution in [0.15, 0.2) is 58.1 Å². The number of hydrogen-bond acceptors (Lipinski definition) is 4. The summed E-state index contributed by atoms with van der Waals surface area (Å²) in [6.07, 6.45) is 2.04. The van der Waals surface area contributed by atoms with Crippen LogP contribution in [0.5, 0.6) is 5.75 Å². The number of aromatic hydroxyl groups is 1. The van der Waals surface area contributed by atoms with Crippen molar-refractivity contribution in [1.82, 2.24) is 5.43 Å². The lowest BCUT2D eigenvalue weighted by Crippen LogP contribution is -2.36. The quantitative estimate of drug-likeness (QED) is 0.534. The number of carbonyl (C=O) groups is 1. The van der Waals surface area contributed by atoms with E-state index in [4.69, 9.17) is 0 Å². The molecule has 3 N–H and O–H groups in total. The van der Waals surface area contributed by atoms with E-state index in [1.807, 2.05) is 31.2 Å². The van der Waals surface area contributed by atoms with Crippen LogP contribution in [0, 0.1) is 0 Å². The lowest BCUT2D eigenvalue weighted by molar-refractivity contribution is -0.121. The fourth-order valence-electron chi connectivity index (χ4n) is 1.94. The number of amides is 1. The van der Waals surface area contributed by atoms with Crippen LogP contribution in [0.1, 0.15) is 18.9 Å². The summed E-state index contributed by atoms with van der Waals surface area (Å²) in [6.45, 7) is 1.92. The van der Waals surface area contributed by atoms with Crippen LogP contribution < -0.4 is 10.7 Å². The Labute approximate surface area is 143 Å². The van der Waals surface area contributed by atoms with Gasteiger partial charge in [0.25, 0.3) is 5.91 Å². The molecule has 1 atom stereocenters. The van der Waals surface area contributed by atoms with Crippen molar-refractivity contribution < 1.29 is 9.90 Å². The first-order chi connectivity index (χ1) is 11.1. The van der Waals surface area contributed by atoms with E-state index in [2.05, 4.69) is 31.8 Å². The Balaban J connectivity index is 1.95. The second-order valence-corrected chi connectivity index (χ2v) is 5.82. The molecule has 0 spiro atoms. The van der Waals surface area contributed by atoms with Crippen molar-refractivity contribution in [3.63, 3.8) is 0 Å². The first-order valence-corrected chi connectivity index (χ1v) is 8.02. The van der Waals surface area contributed by atoms with Crippen molar-refractivity contribution in [3.8, 4) is 5.75 Å². The van der Waals surface area contributed by atoms with Crippen molar-refractivity contribution in [2.24, 2.45) is 5.10 Å². The Morgan fingerprint density at radius 3 is 2.61 bits per heavy atom. The number of hydrazone groups is 1. The fourth-order valence-corrected chi connectivity index (χ4v) is 2.20. The fraction of sp³-hybridized carbons (Fsp3) is 0.176. The van der Waals surface area contributed by atoms with Crippen LogP contribution >= 0.6 is 15.9 Å². The monoisotopic (exact) mass is 375 g/mol. The van der Waals surface area contributed by atoms with Gasteiger partial charge in [0.1, 0.15) is 11.8 Å². The third kappa shape index (κ3) is 5.10. The third-order valence-corrected chi connectivity index (χ3v) is 3.75. The van der Waals surface area contributed by atoms with Crippen LogP contribution in [0.2, 0.25) is 0 Å². The largest absolute Gasteiger partial charge is 0.507 e. The maximum atomic E-state index is 12.2. The normalized spacial score (nSPS) is 12.1. The van der Waals surface area contributed by atoms with Crippen molar-refractivity contribution in [3.05, 3.63) is 58.6 Å². The van der Waals surface area contributed by atoms with E-state index in [0.717, 1.165) is 10.2 Å². The molecule has 0 aliphatic heterocycles. The van der Waals surface area contributed by atoms with Gasteiger partial charge < -0.3 is 10.4 Å². The van der Waals surface area contributed by atoms with Gasteiger partial charge in [-0.3, -0.25) is 4.79 Å². The molecule has 2 rings (SSSR count). The van der Waals surface area contributed by atoms with Gasteiger partial charge in [-0.15, -0.1) is 0 Å². The van der Waals surface area contributed by atoms with E-state index in [1.165, 1.54) is 6.21 Å². The summed E-state index contributed by atoms with van der Waals surface area (Å²) >= 11 is 3.37. The van der Waals surface area contributed by atoms with E-state index in [9.17, 15) is 9.90 Å². The summed E-state index contributed by atoms with van der Waals surface area (Å²) in [5.74, 6) is -0.118. The summed E-state index contributed by atoms with van der Waals surface area (Å²) in [5, 5.41) is 16.7. The number of hydrogen-bond donors (Lipinski definition) is 3. The number of phenolic OH excluding ortho intramolecular Hbond substituents is 1. The highest BCUT2D eigenvalue weighted by atomic mass is 79.9. The molecule has 0 saturated heterocycles. The Morgan fingerprint density at radius 2 is 1.96 bits per heavy atom. The molecular formula is C17H18BrN3O2. The van der Waals surface area contributed by atoms with Gasteiger partial charge in [0.05, 0.1) is 6.21 Å². The highest BCUT2D eigenvalue weighted by Crippen LogP contribution is 2.16. The number of carbonyl (C=O) groups excluding carboxylic acids is 1. The summed E-state index contributed by atoms with van der Waals surface area (Å²) in [5.41, 5.74) is 3.89. The minimum absolute atomic E-state index is 0.116. The van der Waals surface area contributed by atoms with Gasteiger partial charge in [0.15, 0.2) is 0 Å². The predicted octanol–water partition coefficient (Wildman–Crippen LogP) is 3.50. The van der Waals surface area contributed by atoms with Crippen molar-refractivity contribution in [2.45, 2.75) is 19.4 Å². The molecule has 0 saturated carbocycles. The van der Waals surface area contributed by atoms with E-state index in [-0.39, 0.29) is 11.7 Å². The number of phenols is 1. The molecule has 1 amide bonds. The maximum absolute atomic E-state index is 12.2. The number of anilines is 1. The molecule has 120 valence electrons. The zero-order valence-electron chi connectivity index (χ0n) is 12.7. The molecule has 0 heterocycles. The zero-order chi connectivity index (χ0) is 16.7. The first-order valence-electron chi connectivity index (χ1n) is 7.23. The van der Waals surface area contributed by atoms with Crippen LogP contribution in [-0.4, -0.2) is 23.3 Å². The molecule has 0 radical (unpaired) electrons. The van der Waals surface area contributed by atoms with Crippen molar-refractivity contribution in [2.75, 3.05) is 5.32 Å². The minimum atomic E-state index is -0.391. The molecule has 0 aliphatic rings. The van der Waals surface area contributed by atoms with Crippen LogP contribution in [0.4, 0.5) is 5.69 Å². The highest BCUT2D eigenvalue weighted by Gasteiger charge is 2.15. The SMILES string of the molecule is CCC(Nc1ccc(Br)cc1)C(=O)NN=Cc1ccccc1O. The summed E-state index contributed by atoms with van der Waals surface area (Å²) in [6, 6.07) is 14.0. The van der Waals surface area contributed by atoms with Gasteiger partial charge in [-0.05, 0) is 42.8 Å². The molecule has 2 aromatic rings. The van der Waals surface area contributed by atoms with Gasteiger partial charge in [-0.25, -0.2) is 5.43 Å².